The van der Waals surface area contributed by atoms with Gasteiger partial charge in [-0.3, -0.25) is 9.59 Å². The lowest BCUT2D eigenvalue weighted by molar-refractivity contribution is -0.126. The number of hydrogen-bond acceptors (Lipinski definition) is 3. The van der Waals surface area contributed by atoms with Crippen molar-refractivity contribution in [3.05, 3.63) is 89.7 Å². The minimum Gasteiger partial charge on any atom is -0.352 e. The van der Waals surface area contributed by atoms with E-state index in [0.717, 1.165) is 23.2 Å². The van der Waals surface area contributed by atoms with Crippen molar-refractivity contribution in [2.24, 2.45) is 5.92 Å². The van der Waals surface area contributed by atoms with Crippen LogP contribution in [0.15, 0.2) is 72.8 Å². The maximum Gasteiger partial charge on any atom is 0.227 e. The van der Waals surface area contributed by atoms with E-state index in [1.54, 1.807) is 18.2 Å². The van der Waals surface area contributed by atoms with Crippen molar-refractivity contribution < 1.29 is 14.0 Å². The third-order valence-electron chi connectivity index (χ3n) is 5.87. The van der Waals surface area contributed by atoms with Crippen molar-refractivity contribution in [3.63, 3.8) is 0 Å². The van der Waals surface area contributed by atoms with E-state index in [1.165, 1.54) is 16.5 Å². The van der Waals surface area contributed by atoms with Gasteiger partial charge in [-0.05, 0) is 48.5 Å². The number of carbonyl (C=O) groups is 2. The van der Waals surface area contributed by atoms with Crippen molar-refractivity contribution in [3.8, 4) is 11.1 Å². The monoisotopic (exact) mass is 445 g/mol. The fourth-order valence-electron chi connectivity index (χ4n) is 4.22. The molecule has 1 saturated heterocycles. The molecule has 2 amide bonds. The third kappa shape index (κ3) is 5.29. The third-order valence-corrected chi connectivity index (χ3v) is 5.87. The van der Waals surface area contributed by atoms with Crippen LogP contribution in [-0.4, -0.2) is 37.4 Å². The van der Waals surface area contributed by atoms with Gasteiger partial charge in [-0.2, -0.15) is 0 Å². The minimum absolute atomic E-state index is 0.0785. The number of nitrogens with zero attached hydrogens (tertiary/aromatic N) is 2. The van der Waals surface area contributed by atoms with Crippen LogP contribution < -0.4 is 10.2 Å². The number of amides is 2. The van der Waals surface area contributed by atoms with Crippen LogP contribution in [0.3, 0.4) is 0 Å². The second-order valence-electron chi connectivity index (χ2n) is 8.67. The van der Waals surface area contributed by atoms with Crippen LogP contribution in [0.1, 0.15) is 17.5 Å². The van der Waals surface area contributed by atoms with E-state index in [-0.39, 0.29) is 30.5 Å². The normalized spacial score (nSPS) is 15.8. The molecule has 0 spiro atoms. The quantitative estimate of drug-likeness (QED) is 0.592. The number of anilines is 1. The van der Waals surface area contributed by atoms with Crippen molar-refractivity contribution in [2.45, 2.75) is 19.5 Å². The van der Waals surface area contributed by atoms with Gasteiger partial charge in [-0.15, -0.1) is 0 Å². The SMILES string of the molecule is CN(C)Cc1ccc(-c2ccccc2CNC(=O)C2CC(=O)N(c3ccccc3F)C2)cc1. The summed E-state index contributed by atoms with van der Waals surface area (Å²) in [4.78, 5) is 28.7. The summed E-state index contributed by atoms with van der Waals surface area (Å²) in [5.74, 6) is -1.40. The van der Waals surface area contributed by atoms with E-state index in [2.05, 4.69) is 34.5 Å². The molecule has 1 atom stereocenters. The molecule has 0 bridgehead atoms. The predicted molar refractivity (Wildman–Crippen MR) is 128 cm³/mol. The maximum absolute atomic E-state index is 14.1. The molecule has 0 aromatic heterocycles. The second-order valence-corrected chi connectivity index (χ2v) is 8.67. The summed E-state index contributed by atoms with van der Waals surface area (Å²) in [7, 11) is 4.08. The molecule has 1 aliphatic heterocycles. The van der Waals surface area contributed by atoms with Crippen molar-refractivity contribution >= 4 is 17.5 Å². The van der Waals surface area contributed by atoms with Crippen LogP contribution in [0.4, 0.5) is 10.1 Å². The Balaban J connectivity index is 1.42. The van der Waals surface area contributed by atoms with Gasteiger partial charge in [0, 0.05) is 26.1 Å². The molecule has 170 valence electrons. The van der Waals surface area contributed by atoms with Crippen LogP contribution in [-0.2, 0) is 22.7 Å². The number of nitrogens with one attached hydrogen (secondary N) is 1. The first-order valence-corrected chi connectivity index (χ1v) is 11.1. The molecule has 1 aliphatic rings. The van der Waals surface area contributed by atoms with Crippen LogP contribution in [0.2, 0.25) is 0 Å². The van der Waals surface area contributed by atoms with E-state index < -0.39 is 11.7 Å². The summed E-state index contributed by atoms with van der Waals surface area (Å²) in [6.45, 7) is 1.42. The minimum atomic E-state index is -0.505. The highest BCUT2D eigenvalue weighted by atomic mass is 19.1. The summed E-state index contributed by atoms with van der Waals surface area (Å²) in [6, 6.07) is 22.5. The van der Waals surface area contributed by atoms with Crippen LogP contribution >= 0.6 is 0 Å². The van der Waals surface area contributed by atoms with Crippen molar-refractivity contribution in [2.75, 3.05) is 25.5 Å². The fourth-order valence-corrected chi connectivity index (χ4v) is 4.22. The topological polar surface area (TPSA) is 52.7 Å². The molecule has 33 heavy (non-hydrogen) atoms. The van der Waals surface area contributed by atoms with E-state index in [4.69, 9.17) is 0 Å². The first-order valence-electron chi connectivity index (χ1n) is 11.1. The summed E-state index contributed by atoms with van der Waals surface area (Å²) in [5, 5.41) is 2.98. The summed E-state index contributed by atoms with van der Waals surface area (Å²) < 4.78 is 14.1. The Morgan fingerprint density at radius 2 is 1.73 bits per heavy atom. The Hall–Kier alpha value is -3.51. The fraction of sp³-hybridized carbons (Fsp3) is 0.259. The van der Waals surface area contributed by atoms with Gasteiger partial charge in [0.15, 0.2) is 0 Å². The Morgan fingerprint density at radius 3 is 2.45 bits per heavy atom. The molecule has 0 aliphatic carbocycles. The zero-order valence-electron chi connectivity index (χ0n) is 18.9. The number of para-hydroxylation sites is 1. The van der Waals surface area contributed by atoms with E-state index >= 15 is 0 Å². The van der Waals surface area contributed by atoms with E-state index in [1.807, 2.05) is 38.4 Å². The average molecular weight is 446 g/mol. The summed E-state index contributed by atoms with van der Waals surface area (Å²) >= 11 is 0. The predicted octanol–water partition coefficient (Wildman–Crippen LogP) is 4.22. The number of halogens is 1. The smallest absolute Gasteiger partial charge is 0.227 e. The number of hydrogen-bond donors (Lipinski definition) is 1. The van der Waals surface area contributed by atoms with Gasteiger partial charge >= 0.3 is 0 Å². The molecule has 0 radical (unpaired) electrons. The van der Waals surface area contributed by atoms with Crippen LogP contribution in [0.25, 0.3) is 11.1 Å². The molecule has 1 heterocycles. The van der Waals surface area contributed by atoms with E-state index in [0.29, 0.717) is 6.54 Å². The number of benzene rings is 3. The Bertz CT molecular complexity index is 1140. The lowest BCUT2D eigenvalue weighted by atomic mass is 9.98. The first kappa shape index (κ1) is 22.7. The van der Waals surface area contributed by atoms with Gasteiger partial charge in [-0.25, -0.2) is 4.39 Å². The molecule has 1 fully saturated rings. The summed E-state index contributed by atoms with van der Waals surface area (Å²) in [5.41, 5.74) is 4.61. The van der Waals surface area contributed by atoms with E-state index in [9.17, 15) is 14.0 Å². The van der Waals surface area contributed by atoms with Crippen molar-refractivity contribution in [1.82, 2.24) is 10.2 Å². The molecule has 0 saturated carbocycles. The second kappa shape index (κ2) is 9.96. The number of rotatable bonds is 7. The molecule has 1 unspecified atom stereocenters. The molecular weight excluding hydrogens is 417 g/mol. The highest BCUT2D eigenvalue weighted by Crippen LogP contribution is 2.28. The highest BCUT2D eigenvalue weighted by Gasteiger charge is 2.36. The Kier molecular flexibility index (Phi) is 6.84. The number of carbonyl (C=O) groups excluding carboxylic acids is 2. The largest absolute Gasteiger partial charge is 0.352 e. The zero-order valence-corrected chi connectivity index (χ0v) is 18.9. The Labute approximate surface area is 193 Å². The first-order chi connectivity index (χ1) is 15.9. The molecule has 5 nitrogen and oxygen atoms in total. The molecule has 1 N–H and O–H groups in total. The summed E-state index contributed by atoms with van der Waals surface area (Å²) in [6.07, 6.45) is 0.0785. The molecule has 3 aromatic rings. The lowest BCUT2D eigenvalue weighted by Gasteiger charge is -2.17. The highest BCUT2D eigenvalue weighted by molar-refractivity contribution is 6.00. The Morgan fingerprint density at radius 1 is 1.03 bits per heavy atom. The van der Waals surface area contributed by atoms with Crippen LogP contribution in [0, 0.1) is 11.7 Å². The molecule has 3 aromatic carbocycles. The van der Waals surface area contributed by atoms with Crippen molar-refractivity contribution in [1.29, 1.82) is 0 Å². The maximum atomic E-state index is 14.1. The molecule has 6 heteroatoms. The molecular formula is C27H28FN3O2. The van der Waals surface area contributed by atoms with Gasteiger partial charge in [0.25, 0.3) is 0 Å². The van der Waals surface area contributed by atoms with Gasteiger partial charge in [0.1, 0.15) is 5.82 Å². The average Bonchev–Trinajstić information content (AvgIpc) is 3.19. The zero-order chi connectivity index (χ0) is 23.4. The van der Waals surface area contributed by atoms with Gasteiger partial charge in [0.05, 0.1) is 11.6 Å². The lowest BCUT2D eigenvalue weighted by Crippen LogP contribution is -2.33. The van der Waals surface area contributed by atoms with Gasteiger partial charge in [0.2, 0.25) is 11.8 Å². The standard InChI is InChI=1S/C27H28FN3O2/c1-30(2)17-19-11-13-20(14-12-19)23-8-4-3-7-21(23)16-29-27(33)22-15-26(32)31(18-22)25-10-6-5-9-24(25)28/h3-14,22H,15-18H2,1-2H3,(H,29,33). The molecule has 4 rings (SSSR count). The van der Waals surface area contributed by atoms with Gasteiger partial charge in [-0.1, -0.05) is 60.7 Å². The van der Waals surface area contributed by atoms with Gasteiger partial charge < -0.3 is 15.1 Å². The van der Waals surface area contributed by atoms with Crippen LogP contribution in [0.5, 0.6) is 0 Å².